The van der Waals surface area contributed by atoms with Crippen molar-refractivity contribution in [3.8, 4) is 0 Å². The standard InChI is InChI=1S/C14H12ClF2N/c1-8-2-4-12(16)10(6-8)14(18)9-3-5-13(17)11(15)7-9/h2-7,14H,18H2,1H3. The quantitative estimate of drug-likeness (QED) is 0.875. The highest BCUT2D eigenvalue weighted by atomic mass is 35.5. The van der Waals surface area contributed by atoms with E-state index < -0.39 is 11.9 Å². The van der Waals surface area contributed by atoms with Crippen molar-refractivity contribution >= 4 is 11.6 Å². The van der Waals surface area contributed by atoms with Crippen LogP contribution in [-0.2, 0) is 0 Å². The van der Waals surface area contributed by atoms with Crippen LogP contribution in [0.3, 0.4) is 0 Å². The zero-order valence-electron chi connectivity index (χ0n) is 9.75. The highest BCUT2D eigenvalue weighted by molar-refractivity contribution is 6.30. The van der Waals surface area contributed by atoms with Crippen LogP contribution in [0.4, 0.5) is 8.78 Å². The van der Waals surface area contributed by atoms with E-state index in [2.05, 4.69) is 0 Å². The third-order valence-corrected chi connectivity index (χ3v) is 3.08. The Labute approximate surface area is 109 Å². The smallest absolute Gasteiger partial charge is 0.141 e. The molecule has 2 N–H and O–H groups in total. The second kappa shape index (κ2) is 5.04. The number of rotatable bonds is 2. The van der Waals surface area contributed by atoms with Crippen molar-refractivity contribution in [3.05, 3.63) is 69.7 Å². The molecule has 1 unspecified atom stereocenters. The first-order chi connectivity index (χ1) is 8.49. The minimum Gasteiger partial charge on any atom is -0.320 e. The average molecular weight is 268 g/mol. The number of nitrogens with two attached hydrogens (primary N) is 1. The predicted molar refractivity (Wildman–Crippen MR) is 68.6 cm³/mol. The summed E-state index contributed by atoms with van der Waals surface area (Å²) >= 11 is 5.69. The summed E-state index contributed by atoms with van der Waals surface area (Å²) in [5.74, 6) is -0.897. The average Bonchev–Trinajstić information content (AvgIpc) is 2.35. The van der Waals surface area contributed by atoms with Gasteiger partial charge in [-0.3, -0.25) is 0 Å². The zero-order valence-corrected chi connectivity index (χ0v) is 10.5. The van der Waals surface area contributed by atoms with Crippen LogP contribution in [0.1, 0.15) is 22.7 Å². The summed E-state index contributed by atoms with van der Waals surface area (Å²) in [5, 5.41) is -0.0176. The third-order valence-electron chi connectivity index (χ3n) is 2.79. The molecule has 0 saturated carbocycles. The fraction of sp³-hybridized carbons (Fsp3) is 0.143. The molecule has 0 heterocycles. The molecule has 2 aromatic rings. The largest absolute Gasteiger partial charge is 0.320 e. The Morgan fingerprint density at radius 3 is 2.39 bits per heavy atom. The molecule has 0 amide bonds. The Morgan fingerprint density at radius 2 is 1.72 bits per heavy atom. The summed E-state index contributed by atoms with van der Waals surface area (Å²) in [6, 6.07) is 8.21. The SMILES string of the molecule is Cc1ccc(F)c(C(N)c2ccc(F)c(Cl)c2)c1. The first-order valence-corrected chi connectivity index (χ1v) is 5.83. The van der Waals surface area contributed by atoms with Crippen molar-refractivity contribution in [2.24, 2.45) is 5.73 Å². The normalized spacial score (nSPS) is 12.5. The Kier molecular flexibility index (Phi) is 3.64. The molecule has 2 aromatic carbocycles. The van der Waals surface area contributed by atoms with E-state index in [-0.39, 0.29) is 10.8 Å². The van der Waals surface area contributed by atoms with Gasteiger partial charge in [0.1, 0.15) is 11.6 Å². The van der Waals surface area contributed by atoms with Crippen molar-refractivity contribution in [3.63, 3.8) is 0 Å². The van der Waals surface area contributed by atoms with Crippen molar-refractivity contribution in [2.45, 2.75) is 13.0 Å². The molecule has 0 bridgehead atoms. The van der Waals surface area contributed by atoms with Crippen LogP contribution in [-0.4, -0.2) is 0 Å². The molecule has 0 aliphatic carbocycles. The monoisotopic (exact) mass is 267 g/mol. The third kappa shape index (κ3) is 2.52. The van der Waals surface area contributed by atoms with Crippen LogP contribution in [0.15, 0.2) is 36.4 Å². The van der Waals surface area contributed by atoms with E-state index in [1.54, 1.807) is 12.1 Å². The van der Waals surface area contributed by atoms with Gasteiger partial charge in [0, 0.05) is 5.56 Å². The van der Waals surface area contributed by atoms with Gasteiger partial charge in [0.25, 0.3) is 0 Å². The second-order valence-corrected chi connectivity index (χ2v) is 4.58. The summed E-state index contributed by atoms with van der Waals surface area (Å²) in [7, 11) is 0. The van der Waals surface area contributed by atoms with E-state index in [0.717, 1.165) is 5.56 Å². The number of aryl methyl sites for hydroxylation is 1. The molecule has 0 saturated heterocycles. The molecular formula is C14H12ClF2N. The highest BCUT2D eigenvalue weighted by Crippen LogP contribution is 2.26. The van der Waals surface area contributed by atoms with Crippen LogP contribution in [0.5, 0.6) is 0 Å². The van der Waals surface area contributed by atoms with Crippen LogP contribution < -0.4 is 5.73 Å². The van der Waals surface area contributed by atoms with Gasteiger partial charge in [0.2, 0.25) is 0 Å². The second-order valence-electron chi connectivity index (χ2n) is 4.18. The maximum absolute atomic E-state index is 13.7. The maximum Gasteiger partial charge on any atom is 0.141 e. The fourth-order valence-electron chi connectivity index (χ4n) is 1.79. The highest BCUT2D eigenvalue weighted by Gasteiger charge is 2.15. The summed E-state index contributed by atoms with van der Waals surface area (Å²) in [6.07, 6.45) is 0. The van der Waals surface area contributed by atoms with Crippen LogP contribution in [0, 0.1) is 18.6 Å². The summed E-state index contributed by atoms with van der Waals surface area (Å²) < 4.78 is 26.8. The first kappa shape index (κ1) is 13.0. The van der Waals surface area contributed by atoms with E-state index in [1.165, 1.54) is 24.3 Å². The lowest BCUT2D eigenvalue weighted by Gasteiger charge is -2.14. The van der Waals surface area contributed by atoms with E-state index in [4.69, 9.17) is 17.3 Å². The molecule has 0 aliphatic heterocycles. The minimum absolute atomic E-state index is 0.0176. The van der Waals surface area contributed by atoms with Gasteiger partial charge in [-0.05, 0) is 30.7 Å². The van der Waals surface area contributed by atoms with E-state index >= 15 is 0 Å². The fourth-order valence-corrected chi connectivity index (χ4v) is 1.98. The Balaban J connectivity index is 2.44. The van der Waals surface area contributed by atoms with Crippen molar-refractivity contribution in [1.82, 2.24) is 0 Å². The molecule has 0 aliphatic rings. The molecule has 1 nitrogen and oxygen atoms in total. The van der Waals surface area contributed by atoms with Gasteiger partial charge in [-0.15, -0.1) is 0 Å². The number of benzene rings is 2. The predicted octanol–water partition coefficient (Wildman–Crippen LogP) is 3.97. The molecule has 2 rings (SSSR count). The molecule has 0 fully saturated rings. The maximum atomic E-state index is 13.7. The molecule has 1 atom stereocenters. The lowest BCUT2D eigenvalue weighted by Crippen LogP contribution is -2.14. The minimum atomic E-state index is -0.664. The Bertz CT molecular complexity index is 584. The Morgan fingerprint density at radius 1 is 1.06 bits per heavy atom. The van der Waals surface area contributed by atoms with Crippen molar-refractivity contribution in [1.29, 1.82) is 0 Å². The first-order valence-electron chi connectivity index (χ1n) is 5.45. The molecule has 0 radical (unpaired) electrons. The molecule has 0 aromatic heterocycles. The van der Waals surface area contributed by atoms with E-state index in [9.17, 15) is 8.78 Å². The van der Waals surface area contributed by atoms with Crippen LogP contribution in [0.2, 0.25) is 5.02 Å². The van der Waals surface area contributed by atoms with Crippen molar-refractivity contribution < 1.29 is 8.78 Å². The van der Waals surface area contributed by atoms with E-state index in [1.807, 2.05) is 6.92 Å². The summed E-state index contributed by atoms with van der Waals surface area (Å²) in [6.45, 7) is 1.85. The number of hydrogen-bond donors (Lipinski definition) is 1. The van der Waals surface area contributed by atoms with Gasteiger partial charge in [0.05, 0.1) is 11.1 Å². The number of hydrogen-bond acceptors (Lipinski definition) is 1. The molecule has 0 spiro atoms. The zero-order chi connectivity index (χ0) is 13.3. The topological polar surface area (TPSA) is 26.0 Å². The van der Waals surface area contributed by atoms with Gasteiger partial charge < -0.3 is 5.73 Å². The lowest BCUT2D eigenvalue weighted by molar-refractivity contribution is 0.598. The van der Waals surface area contributed by atoms with Gasteiger partial charge in [-0.2, -0.15) is 0 Å². The molecular weight excluding hydrogens is 256 g/mol. The van der Waals surface area contributed by atoms with Gasteiger partial charge >= 0.3 is 0 Å². The van der Waals surface area contributed by atoms with Gasteiger partial charge in [0.15, 0.2) is 0 Å². The molecule has 4 heteroatoms. The summed E-state index contributed by atoms with van der Waals surface area (Å²) in [4.78, 5) is 0. The van der Waals surface area contributed by atoms with Crippen molar-refractivity contribution in [2.75, 3.05) is 0 Å². The molecule has 18 heavy (non-hydrogen) atoms. The van der Waals surface area contributed by atoms with Crippen LogP contribution in [0.25, 0.3) is 0 Å². The Hall–Kier alpha value is -1.45. The van der Waals surface area contributed by atoms with Crippen LogP contribution >= 0.6 is 11.6 Å². The number of halogens is 3. The lowest BCUT2D eigenvalue weighted by atomic mass is 9.97. The summed E-state index contributed by atoms with van der Waals surface area (Å²) in [5.41, 5.74) is 7.84. The van der Waals surface area contributed by atoms with E-state index in [0.29, 0.717) is 11.1 Å². The van der Waals surface area contributed by atoms with Gasteiger partial charge in [-0.1, -0.05) is 35.4 Å². The molecule has 94 valence electrons. The van der Waals surface area contributed by atoms with Gasteiger partial charge in [-0.25, -0.2) is 8.78 Å².